The summed E-state index contributed by atoms with van der Waals surface area (Å²) in [6, 6.07) is 11.6. The number of fused-ring (bicyclic) bond motifs is 3. The molecule has 0 radical (unpaired) electrons. The summed E-state index contributed by atoms with van der Waals surface area (Å²) in [5.74, 6) is -0.387. The summed E-state index contributed by atoms with van der Waals surface area (Å²) in [6.45, 7) is 1.76. The van der Waals surface area contributed by atoms with Gasteiger partial charge in [0.1, 0.15) is 5.82 Å². The highest BCUT2D eigenvalue weighted by Gasteiger charge is 2.16. The van der Waals surface area contributed by atoms with Crippen LogP contribution in [0.4, 0.5) is 4.39 Å². The van der Waals surface area contributed by atoms with E-state index in [0.29, 0.717) is 32.7 Å². The Bertz CT molecular complexity index is 1110. The van der Waals surface area contributed by atoms with Gasteiger partial charge in [-0.25, -0.2) is 14.1 Å². The van der Waals surface area contributed by atoms with Crippen molar-refractivity contribution in [1.29, 1.82) is 0 Å². The smallest absolute Gasteiger partial charge is 0.288 e. The van der Waals surface area contributed by atoms with E-state index in [1.807, 2.05) is 0 Å². The Morgan fingerprint density at radius 1 is 1.17 bits per heavy atom. The van der Waals surface area contributed by atoms with Crippen LogP contribution in [0.1, 0.15) is 5.69 Å². The van der Waals surface area contributed by atoms with Gasteiger partial charge >= 0.3 is 0 Å². The Morgan fingerprint density at radius 3 is 2.65 bits per heavy atom. The number of benzene rings is 2. The van der Waals surface area contributed by atoms with E-state index in [0.717, 1.165) is 0 Å². The number of rotatable bonds is 1. The third-order valence-corrected chi connectivity index (χ3v) is 4.14. The van der Waals surface area contributed by atoms with Gasteiger partial charge in [0.15, 0.2) is 5.52 Å². The van der Waals surface area contributed by atoms with Crippen molar-refractivity contribution in [3.8, 4) is 5.69 Å². The summed E-state index contributed by atoms with van der Waals surface area (Å²) < 4.78 is 15.7. The van der Waals surface area contributed by atoms with Gasteiger partial charge in [0.05, 0.1) is 11.2 Å². The van der Waals surface area contributed by atoms with Crippen molar-refractivity contribution >= 4 is 33.4 Å². The highest BCUT2D eigenvalue weighted by atomic mass is 35.5. The number of hydrogen-bond donors (Lipinski definition) is 1. The molecule has 0 bridgehead atoms. The minimum atomic E-state index is -0.387. The molecule has 0 spiro atoms. The van der Waals surface area contributed by atoms with Gasteiger partial charge < -0.3 is 0 Å². The summed E-state index contributed by atoms with van der Waals surface area (Å²) in [6.07, 6.45) is 0. The average Bonchev–Trinajstić information content (AvgIpc) is 2.86. The molecule has 0 saturated heterocycles. The predicted octanol–water partition coefficient (Wildman–Crippen LogP) is 3.97. The van der Waals surface area contributed by atoms with Gasteiger partial charge in [-0.05, 0) is 37.3 Å². The van der Waals surface area contributed by atoms with Crippen molar-refractivity contribution in [3.63, 3.8) is 0 Å². The largest absolute Gasteiger partial charge is 0.297 e. The molecular weight excluding hydrogens is 317 g/mol. The molecule has 0 saturated carbocycles. The maximum Gasteiger partial charge on any atom is 0.297 e. The monoisotopic (exact) mass is 327 g/mol. The molecule has 0 aliphatic heterocycles. The summed E-state index contributed by atoms with van der Waals surface area (Å²) in [5, 5.41) is 4.60. The number of aromatic nitrogens is 3. The average molecular weight is 328 g/mol. The third-order valence-electron chi connectivity index (χ3n) is 3.88. The molecule has 2 heterocycles. The fourth-order valence-electron chi connectivity index (χ4n) is 2.79. The van der Waals surface area contributed by atoms with Gasteiger partial charge in [-0.2, -0.15) is 0 Å². The highest BCUT2D eigenvalue weighted by molar-refractivity contribution is 6.30. The van der Waals surface area contributed by atoms with Crippen molar-refractivity contribution in [2.75, 3.05) is 0 Å². The highest BCUT2D eigenvalue weighted by Crippen LogP contribution is 2.26. The molecule has 0 amide bonds. The number of aryl methyl sites for hydroxylation is 1. The lowest BCUT2D eigenvalue weighted by Crippen LogP contribution is -2.14. The van der Waals surface area contributed by atoms with E-state index in [2.05, 4.69) is 10.1 Å². The number of pyridine rings is 1. The van der Waals surface area contributed by atoms with Crippen LogP contribution in [0.5, 0.6) is 0 Å². The fourth-order valence-corrected chi connectivity index (χ4v) is 2.91. The van der Waals surface area contributed by atoms with Crippen LogP contribution in [-0.4, -0.2) is 14.8 Å². The Morgan fingerprint density at radius 2 is 1.91 bits per heavy atom. The maximum absolute atomic E-state index is 14.3. The first-order chi connectivity index (χ1) is 11.1. The van der Waals surface area contributed by atoms with E-state index < -0.39 is 0 Å². The van der Waals surface area contributed by atoms with Crippen molar-refractivity contribution in [3.05, 3.63) is 69.4 Å². The Kier molecular flexibility index (Phi) is 2.99. The van der Waals surface area contributed by atoms with E-state index in [1.165, 1.54) is 10.7 Å². The molecule has 114 valence electrons. The van der Waals surface area contributed by atoms with Crippen LogP contribution >= 0.6 is 11.6 Å². The van der Waals surface area contributed by atoms with E-state index in [-0.39, 0.29) is 16.9 Å². The molecule has 0 aliphatic carbocycles. The summed E-state index contributed by atoms with van der Waals surface area (Å²) in [7, 11) is 0. The number of halogens is 2. The van der Waals surface area contributed by atoms with Crippen molar-refractivity contribution < 1.29 is 4.39 Å². The summed E-state index contributed by atoms with van der Waals surface area (Å²) in [4.78, 5) is 17.0. The molecule has 2 aromatic heterocycles. The van der Waals surface area contributed by atoms with Gasteiger partial charge in [-0.3, -0.25) is 9.89 Å². The van der Waals surface area contributed by atoms with Crippen LogP contribution in [0, 0.1) is 12.7 Å². The molecule has 4 rings (SSSR count). The second-order valence-electron chi connectivity index (χ2n) is 5.31. The van der Waals surface area contributed by atoms with E-state index in [1.54, 1.807) is 43.3 Å². The Hall–Kier alpha value is -2.66. The topological polar surface area (TPSA) is 50.7 Å². The Labute approximate surface area is 135 Å². The van der Waals surface area contributed by atoms with E-state index in [4.69, 9.17) is 11.6 Å². The molecule has 4 aromatic rings. The molecule has 1 N–H and O–H groups in total. The first kappa shape index (κ1) is 14.0. The van der Waals surface area contributed by atoms with Crippen LogP contribution in [0.15, 0.2) is 47.3 Å². The van der Waals surface area contributed by atoms with Gasteiger partial charge in [0.25, 0.3) is 5.56 Å². The predicted molar refractivity (Wildman–Crippen MR) is 88.9 cm³/mol. The van der Waals surface area contributed by atoms with Crippen LogP contribution in [0.25, 0.3) is 27.5 Å². The lowest BCUT2D eigenvalue weighted by molar-refractivity contribution is 0.640. The number of H-pyrrole nitrogens is 1. The fraction of sp³-hybridized carbons (Fsp3) is 0.0588. The normalized spacial score (nSPS) is 11.4. The zero-order valence-corrected chi connectivity index (χ0v) is 12.9. The number of nitrogens with one attached hydrogen (secondary N) is 1. The minimum absolute atomic E-state index is 0.218. The Balaban J connectivity index is 2.14. The van der Waals surface area contributed by atoms with Crippen LogP contribution < -0.4 is 5.56 Å². The van der Waals surface area contributed by atoms with Crippen molar-refractivity contribution in [1.82, 2.24) is 14.8 Å². The zero-order chi connectivity index (χ0) is 16.1. The molecule has 4 nitrogen and oxygen atoms in total. The zero-order valence-electron chi connectivity index (χ0n) is 12.1. The summed E-state index contributed by atoms with van der Waals surface area (Å²) >= 11 is 5.88. The number of nitrogens with zero attached hydrogens (tertiary/aromatic N) is 2. The maximum atomic E-state index is 14.3. The van der Waals surface area contributed by atoms with Gasteiger partial charge in [-0.1, -0.05) is 23.7 Å². The molecule has 23 heavy (non-hydrogen) atoms. The van der Waals surface area contributed by atoms with Gasteiger partial charge in [0, 0.05) is 21.5 Å². The van der Waals surface area contributed by atoms with Gasteiger partial charge in [-0.15, -0.1) is 0 Å². The second-order valence-corrected chi connectivity index (χ2v) is 5.75. The molecule has 0 atom stereocenters. The molecule has 0 unspecified atom stereocenters. The first-order valence-corrected chi connectivity index (χ1v) is 7.39. The quantitative estimate of drug-likeness (QED) is 0.575. The SMILES string of the molecule is Cc1nc2c(=O)n(-c3ccc(Cl)cc3)[nH]c2c2c(F)cccc12. The lowest BCUT2D eigenvalue weighted by atomic mass is 10.1. The second kappa shape index (κ2) is 4.93. The van der Waals surface area contributed by atoms with Crippen molar-refractivity contribution in [2.45, 2.75) is 6.92 Å². The van der Waals surface area contributed by atoms with E-state index >= 15 is 0 Å². The van der Waals surface area contributed by atoms with Crippen molar-refractivity contribution in [2.24, 2.45) is 0 Å². The molecule has 0 fully saturated rings. The first-order valence-electron chi connectivity index (χ1n) is 7.02. The molecule has 6 heteroatoms. The molecule has 0 aliphatic rings. The number of aromatic amines is 1. The number of hydrogen-bond acceptors (Lipinski definition) is 2. The van der Waals surface area contributed by atoms with E-state index in [9.17, 15) is 9.18 Å². The molecule has 2 aromatic carbocycles. The molecular formula is C17H11ClFN3O. The van der Waals surface area contributed by atoms with Crippen LogP contribution in [0.2, 0.25) is 5.02 Å². The van der Waals surface area contributed by atoms with Crippen LogP contribution in [-0.2, 0) is 0 Å². The summed E-state index contributed by atoms with van der Waals surface area (Å²) in [5.41, 5.74) is 1.51. The van der Waals surface area contributed by atoms with Gasteiger partial charge in [0.2, 0.25) is 0 Å². The third kappa shape index (κ3) is 2.04. The standard InChI is InChI=1S/C17H11ClFN3O/c1-9-12-3-2-4-13(19)14(12)15-16(20-9)17(23)22(21-15)11-7-5-10(18)6-8-11/h2-8,21H,1H3. The minimum Gasteiger partial charge on any atom is -0.288 e. The lowest BCUT2D eigenvalue weighted by Gasteiger charge is -2.03. The van der Waals surface area contributed by atoms with Crippen LogP contribution in [0.3, 0.4) is 0 Å².